The van der Waals surface area contributed by atoms with E-state index in [9.17, 15) is 5.11 Å². The van der Waals surface area contributed by atoms with Gasteiger partial charge in [-0.1, -0.05) is 43.5 Å². The molecule has 0 spiro atoms. The molecule has 1 aromatic rings. The Morgan fingerprint density at radius 2 is 1.94 bits per heavy atom. The quantitative estimate of drug-likeness (QED) is 0.787. The van der Waals surface area contributed by atoms with Gasteiger partial charge in [-0.2, -0.15) is 0 Å². The number of phenols is 1. The van der Waals surface area contributed by atoms with Crippen LogP contribution in [0.1, 0.15) is 49.1 Å². The van der Waals surface area contributed by atoms with Crippen molar-refractivity contribution in [3.05, 3.63) is 34.9 Å². The van der Waals surface area contributed by atoms with Crippen molar-refractivity contribution >= 4 is 17.7 Å². The van der Waals surface area contributed by atoms with Crippen molar-refractivity contribution in [1.82, 2.24) is 0 Å². The third kappa shape index (κ3) is 2.25. The van der Waals surface area contributed by atoms with E-state index in [4.69, 9.17) is 11.6 Å². The van der Waals surface area contributed by atoms with E-state index >= 15 is 0 Å². The minimum absolute atomic E-state index is 0.367. The molecule has 0 aliphatic heterocycles. The summed E-state index contributed by atoms with van der Waals surface area (Å²) >= 11 is 6.06. The molecule has 1 aliphatic carbocycles. The minimum Gasteiger partial charge on any atom is -0.507 e. The second-order valence-electron chi connectivity index (χ2n) is 4.47. The number of hydrogen-bond donors (Lipinski definition) is 1. The predicted molar refractivity (Wildman–Crippen MR) is 69.0 cm³/mol. The molecule has 1 aromatic carbocycles. The lowest BCUT2D eigenvalue weighted by molar-refractivity contribution is 0.414. The Kier molecular flexibility index (Phi) is 3.55. The summed E-state index contributed by atoms with van der Waals surface area (Å²) in [6.45, 7) is 3.70. The second-order valence-corrected chi connectivity index (χ2v) is 4.91. The zero-order valence-corrected chi connectivity index (χ0v) is 10.1. The molecule has 0 heterocycles. The van der Waals surface area contributed by atoms with E-state index in [1.807, 2.05) is 6.07 Å². The van der Waals surface area contributed by atoms with Crippen molar-refractivity contribution in [2.45, 2.75) is 38.0 Å². The molecule has 86 valence electrons. The standard InChI is InChI=1S/C14H17ClO/c1-2-10-8-12(15)9-13(14(10)16)11-6-4-3-5-7-11/h2,8-9,11,16H,1,3-7H2. The van der Waals surface area contributed by atoms with E-state index in [2.05, 4.69) is 6.58 Å². The Hall–Kier alpha value is -0.950. The van der Waals surface area contributed by atoms with Crippen LogP contribution in [0.5, 0.6) is 5.75 Å². The van der Waals surface area contributed by atoms with Gasteiger partial charge in [-0.25, -0.2) is 0 Å². The van der Waals surface area contributed by atoms with Gasteiger partial charge in [0.25, 0.3) is 0 Å². The van der Waals surface area contributed by atoms with Crippen LogP contribution in [0.15, 0.2) is 18.7 Å². The Morgan fingerprint density at radius 3 is 2.56 bits per heavy atom. The summed E-state index contributed by atoms with van der Waals surface area (Å²) in [7, 11) is 0. The molecule has 1 nitrogen and oxygen atoms in total. The van der Waals surface area contributed by atoms with Crippen molar-refractivity contribution in [3.8, 4) is 5.75 Å². The third-order valence-electron chi connectivity index (χ3n) is 3.40. The second kappa shape index (κ2) is 4.92. The van der Waals surface area contributed by atoms with Gasteiger partial charge in [0.1, 0.15) is 5.75 Å². The Bertz CT molecular complexity index is 392. The Labute approximate surface area is 102 Å². The monoisotopic (exact) mass is 236 g/mol. The molecule has 0 unspecified atom stereocenters. The fourth-order valence-electron chi connectivity index (χ4n) is 2.52. The van der Waals surface area contributed by atoms with Gasteiger partial charge >= 0.3 is 0 Å². The fourth-order valence-corrected chi connectivity index (χ4v) is 2.76. The summed E-state index contributed by atoms with van der Waals surface area (Å²) in [6, 6.07) is 3.66. The number of phenolic OH excluding ortho intramolecular Hbond substituents is 1. The molecule has 16 heavy (non-hydrogen) atoms. The van der Waals surface area contributed by atoms with E-state index in [1.54, 1.807) is 12.1 Å². The van der Waals surface area contributed by atoms with Crippen LogP contribution >= 0.6 is 11.6 Å². The third-order valence-corrected chi connectivity index (χ3v) is 3.62. The van der Waals surface area contributed by atoms with Crippen molar-refractivity contribution in [2.75, 3.05) is 0 Å². The van der Waals surface area contributed by atoms with Gasteiger partial charge in [0, 0.05) is 10.6 Å². The molecule has 0 radical (unpaired) electrons. The van der Waals surface area contributed by atoms with Gasteiger partial charge in [-0.3, -0.25) is 0 Å². The highest BCUT2D eigenvalue weighted by Gasteiger charge is 2.20. The lowest BCUT2D eigenvalue weighted by Crippen LogP contribution is -2.05. The molecule has 1 N–H and O–H groups in total. The average molecular weight is 237 g/mol. The van der Waals surface area contributed by atoms with Gasteiger partial charge in [0.05, 0.1) is 0 Å². The lowest BCUT2D eigenvalue weighted by Gasteiger charge is -2.23. The Balaban J connectivity index is 2.38. The first-order valence-electron chi connectivity index (χ1n) is 5.87. The topological polar surface area (TPSA) is 20.2 Å². The number of benzene rings is 1. The SMILES string of the molecule is C=Cc1cc(Cl)cc(C2CCCCC2)c1O. The highest BCUT2D eigenvalue weighted by atomic mass is 35.5. The van der Waals surface area contributed by atoms with Crippen LogP contribution in [0.4, 0.5) is 0 Å². The predicted octanol–water partition coefficient (Wildman–Crippen LogP) is 4.74. The summed E-state index contributed by atoms with van der Waals surface area (Å²) in [5.74, 6) is 0.831. The first-order valence-corrected chi connectivity index (χ1v) is 6.25. The van der Waals surface area contributed by atoms with E-state index in [0.717, 1.165) is 24.0 Å². The number of rotatable bonds is 2. The smallest absolute Gasteiger partial charge is 0.126 e. The number of hydrogen-bond acceptors (Lipinski definition) is 1. The van der Waals surface area contributed by atoms with Gasteiger partial charge in [-0.05, 0) is 36.5 Å². The highest BCUT2D eigenvalue weighted by Crippen LogP contribution is 2.40. The van der Waals surface area contributed by atoms with Crippen LogP contribution in [0.3, 0.4) is 0 Å². The summed E-state index contributed by atoms with van der Waals surface area (Å²) in [5.41, 5.74) is 1.75. The summed E-state index contributed by atoms with van der Waals surface area (Å²) < 4.78 is 0. The van der Waals surface area contributed by atoms with E-state index in [-0.39, 0.29) is 0 Å². The molecule has 1 aliphatic rings. The zero-order chi connectivity index (χ0) is 11.5. The Morgan fingerprint density at radius 1 is 1.25 bits per heavy atom. The molecule has 0 saturated heterocycles. The first kappa shape index (κ1) is 11.5. The molecule has 0 bridgehead atoms. The first-order chi connectivity index (χ1) is 7.72. The molecular weight excluding hydrogens is 220 g/mol. The van der Waals surface area contributed by atoms with Gasteiger partial charge in [0.15, 0.2) is 0 Å². The van der Waals surface area contributed by atoms with Crippen LogP contribution in [0.2, 0.25) is 5.02 Å². The maximum atomic E-state index is 10.1. The van der Waals surface area contributed by atoms with E-state index in [1.165, 1.54) is 19.3 Å². The average Bonchev–Trinajstić information content (AvgIpc) is 2.33. The summed E-state index contributed by atoms with van der Waals surface area (Å²) in [5, 5.41) is 10.8. The molecule has 2 rings (SSSR count). The molecule has 1 fully saturated rings. The highest BCUT2D eigenvalue weighted by molar-refractivity contribution is 6.30. The largest absolute Gasteiger partial charge is 0.507 e. The number of halogens is 1. The maximum Gasteiger partial charge on any atom is 0.126 e. The van der Waals surface area contributed by atoms with Gasteiger partial charge in [0.2, 0.25) is 0 Å². The van der Waals surface area contributed by atoms with Crippen molar-refractivity contribution in [2.24, 2.45) is 0 Å². The molecule has 0 aromatic heterocycles. The van der Waals surface area contributed by atoms with Crippen LogP contribution < -0.4 is 0 Å². The molecule has 0 amide bonds. The molecular formula is C14H17ClO. The minimum atomic E-state index is 0.367. The normalized spacial score (nSPS) is 17.3. The zero-order valence-electron chi connectivity index (χ0n) is 9.38. The van der Waals surface area contributed by atoms with Crippen molar-refractivity contribution in [1.29, 1.82) is 0 Å². The molecule has 2 heteroatoms. The van der Waals surface area contributed by atoms with Gasteiger partial charge < -0.3 is 5.11 Å². The summed E-state index contributed by atoms with van der Waals surface area (Å²) in [6.07, 6.45) is 7.79. The van der Waals surface area contributed by atoms with Crippen molar-refractivity contribution < 1.29 is 5.11 Å². The summed E-state index contributed by atoms with van der Waals surface area (Å²) in [4.78, 5) is 0. The van der Waals surface area contributed by atoms with Crippen LogP contribution in [0.25, 0.3) is 6.08 Å². The molecule has 0 atom stereocenters. The lowest BCUT2D eigenvalue weighted by atomic mass is 9.83. The fraction of sp³-hybridized carbons (Fsp3) is 0.429. The van der Waals surface area contributed by atoms with E-state index in [0.29, 0.717) is 16.7 Å². The molecule has 1 saturated carbocycles. The maximum absolute atomic E-state index is 10.1. The van der Waals surface area contributed by atoms with Gasteiger partial charge in [-0.15, -0.1) is 0 Å². The number of aromatic hydroxyl groups is 1. The van der Waals surface area contributed by atoms with E-state index < -0.39 is 0 Å². The van der Waals surface area contributed by atoms with Crippen molar-refractivity contribution in [3.63, 3.8) is 0 Å². The van der Waals surface area contributed by atoms with Crippen LogP contribution in [0, 0.1) is 0 Å². The van der Waals surface area contributed by atoms with Crippen LogP contribution in [-0.4, -0.2) is 5.11 Å². The van der Waals surface area contributed by atoms with Crippen LogP contribution in [-0.2, 0) is 0 Å².